The molecule has 0 aromatic carbocycles. The molecule has 3 atom stereocenters. The van der Waals surface area contributed by atoms with E-state index in [0.717, 1.165) is 70.6 Å². The van der Waals surface area contributed by atoms with Gasteiger partial charge in [-0.3, -0.25) is 33.6 Å². The van der Waals surface area contributed by atoms with Crippen LogP contribution in [-0.2, 0) is 62.1 Å². The van der Waals surface area contributed by atoms with Crippen LogP contribution in [0, 0.1) is 5.92 Å². The number of carboxylic acid groups (broad SMARTS) is 3. The highest BCUT2D eigenvalue weighted by molar-refractivity contribution is 5.86. The van der Waals surface area contributed by atoms with Crippen LogP contribution in [0.4, 0.5) is 0 Å². The van der Waals surface area contributed by atoms with Crippen LogP contribution >= 0.6 is 0 Å². The number of carbonyl (C=O) groups excluding carboxylic acids is 6. The van der Waals surface area contributed by atoms with Crippen LogP contribution in [0.5, 0.6) is 0 Å². The van der Waals surface area contributed by atoms with E-state index < -0.39 is 41.8 Å². The lowest BCUT2D eigenvalue weighted by Gasteiger charge is -2.17. The molecule has 0 aliphatic rings. The van der Waals surface area contributed by atoms with Gasteiger partial charge in [-0.15, -0.1) is 0 Å². The standard InChI is InChI=1S/C45H78N4O16/c1-34(35(2)50)16-13-14-24-46-41(54)32-65-31-29-63-27-25-47-42(55)33-64-30-28-62-26-15-17-36(51)20-21-37(44(58)59)49-40(53)23-22-38(45(60)61)48-39(52)18-11-9-7-5-3-4-6-8-10-12-19-43(56)57/h34,37-38H,3-33H2,1-2H3,(H,46,54)(H,47,55)(H,48,52)(H,49,53)(H,56,57)(H,58,59)(H,60,61)/t34-,37-,38?/m0/s1. The van der Waals surface area contributed by atoms with E-state index in [0.29, 0.717) is 25.8 Å². The second kappa shape index (κ2) is 40.9. The van der Waals surface area contributed by atoms with Gasteiger partial charge in [0, 0.05) is 57.7 Å². The SMILES string of the molecule is CC(=O)[C@@H](C)CCCCNC(=O)COCCOCCNC(=O)COCCOCCCC(=O)CC[C@H](NC(=O)CCC(NC(=O)CCCCCCCCCCCCC(=O)O)C(=O)O)C(=O)O. The molecule has 20 heteroatoms. The Morgan fingerprint density at radius 1 is 0.431 bits per heavy atom. The second-order valence-electron chi connectivity index (χ2n) is 16.1. The van der Waals surface area contributed by atoms with Crippen LogP contribution in [0.2, 0.25) is 0 Å². The molecule has 0 spiro atoms. The molecular formula is C45H78N4O16. The zero-order chi connectivity index (χ0) is 48.5. The Kier molecular flexibility index (Phi) is 38.1. The molecule has 0 rings (SSSR count). The van der Waals surface area contributed by atoms with E-state index in [9.17, 15) is 53.4 Å². The number of carbonyl (C=O) groups is 9. The maximum absolute atomic E-state index is 12.5. The Labute approximate surface area is 383 Å². The van der Waals surface area contributed by atoms with Crippen LogP contribution in [0.3, 0.4) is 0 Å². The van der Waals surface area contributed by atoms with Gasteiger partial charge >= 0.3 is 17.9 Å². The molecule has 4 amide bonds. The Morgan fingerprint density at radius 3 is 1.42 bits per heavy atom. The third kappa shape index (κ3) is 39.6. The minimum Gasteiger partial charge on any atom is -0.481 e. The number of unbranched alkanes of at least 4 members (excludes halogenated alkanes) is 10. The molecule has 0 bridgehead atoms. The Bertz CT molecular complexity index is 1400. The van der Waals surface area contributed by atoms with Gasteiger partial charge in [0.2, 0.25) is 23.6 Å². The van der Waals surface area contributed by atoms with Gasteiger partial charge in [0.25, 0.3) is 0 Å². The molecule has 0 saturated carbocycles. The average molecular weight is 931 g/mol. The molecule has 1 unspecified atom stereocenters. The third-order valence-electron chi connectivity index (χ3n) is 10.3. The van der Waals surface area contributed by atoms with Crippen molar-refractivity contribution >= 4 is 53.1 Å². The Balaban J connectivity index is 3.94. The van der Waals surface area contributed by atoms with Crippen molar-refractivity contribution in [2.24, 2.45) is 5.92 Å². The van der Waals surface area contributed by atoms with Gasteiger partial charge in [-0.05, 0) is 51.9 Å². The number of ether oxygens (including phenoxy) is 4. The lowest BCUT2D eigenvalue weighted by Crippen LogP contribution is -2.44. The van der Waals surface area contributed by atoms with Crippen molar-refractivity contribution in [3.63, 3.8) is 0 Å². The van der Waals surface area contributed by atoms with Crippen molar-refractivity contribution < 1.29 is 77.4 Å². The highest BCUT2D eigenvalue weighted by atomic mass is 16.5. The van der Waals surface area contributed by atoms with Crippen molar-refractivity contribution in [1.82, 2.24) is 21.3 Å². The summed E-state index contributed by atoms with van der Waals surface area (Å²) in [5.74, 6) is -5.16. The van der Waals surface area contributed by atoms with E-state index in [2.05, 4.69) is 21.3 Å². The first kappa shape index (κ1) is 60.5. The van der Waals surface area contributed by atoms with Gasteiger partial charge in [-0.1, -0.05) is 64.7 Å². The molecule has 0 aliphatic carbocycles. The maximum atomic E-state index is 12.5. The van der Waals surface area contributed by atoms with Gasteiger partial charge in [-0.25, -0.2) is 9.59 Å². The molecular weight excluding hydrogens is 853 g/mol. The molecule has 7 N–H and O–H groups in total. The summed E-state index contributed by atoms with van der Waals surface area (Å²) < 4.78 is 21.3. The van der Waals surface area contributed by atoms with Gasteiger partial charge in [-0.2, -0.15) is 0 Å². The van der Waals surface area contributed by atoms with Gasteiger partial charge < -0.3 is 55.5 Å². The van der Waals surface area contributed by atoms with Gasteiger partial charge in [0.05, 0.1) is 33.0 Å². The monoisotopic (exact) mass is 931 g/mol. The van der Waals surface area contributed by atoms with E-state index in [1.54, 1.807) is 6.92 Å². The lowest BCUT2D eigenvalue weighted by atomic mass is 10.0. The number of amides is 4. The van der Waals surface area contributed by atoms with Gasteiger partial charge in [0.1, 0.15) is 36.9 Å². The molecule has 0 aromatic rings. The molecule has 65 heavy (non-hydrogen) atoms. The number of hydrogen-bond acceptors (Lipinski definition) is 13. The summed E-state index contributed by atoms with van der Waals surface area (Å²) in [5.41, 5.74) is 0. The average Bonchev–Trinajstić information content (AvgIpc) is 3.25. The minimum atomic E-state index is -1.35. The number of rotatable bonds is 46. The van der Waals surface area contributed by atoms with E-state index in [1.807, 2.05) is 6.92 Å². The fourth-order valence-corrected chi connectivity index (χ4v) is 6.24. The summed E-state index contributed by atoms with van der Waals surface area (Å²) in [7, 11) is 0. The first-order chi connectivity index (χ1) is 31.1. The summed E-state index contributed by atoms with van der Waals surface area (Å²) in [6.07, 6.45) is 11.7. The molecule has 0 saturated heterocycles. The van der Waals surface area contributed by atoms with Crippen LogP contribution in [0.1, 0.15) is 149 Å². The Morgan fingerprint density at radius 2 is 0.892 bits per heavy atom. The summed E-state index contributed by atoms with van der Waals surface area (Å²) in [6.45, 7) is 5.27. The normalized spacial score (nSPS) is 12.4. The highest BCUT2D eigenvalue weighted by Gasteiger charge is 2.24. The number of Topliss-reactive ketones (excluding diaryl/α,β-unsaturated/α-hetero) is 2. The molecule has 0 radical (unpaired) electrons. The molecule has 0 fully saturated rings. The van der Waals surface area contributed by atoms with Crippen LogP contribution in [-0.4, -0.2) is 146 Å². The maximum Gasteiger partial charge on any atom is 0.326 e. The highest BCUT2D eigenvalue weighted by Crippen LogP contribution is 2.13. The first-order valence-electron chi connectivity index (χ1n) is 23.2. The predicted molar refractivity (Wildman–Crippen MR) is 238 cm³/mol. The number of ketones is 2. The van der Waals surface area contributed by atoms with Crippen LogP contribution in [0.15, 0.2) is 0 Å². The molecule has 0 aliphatic heterocycles. The zero-order valence-corrected chi connectivity index (χ0v) is 38.8. The number of hydrogen-bond donors (Lipinski definition) is 7. The summed E-state index contributed by atoms with van der Waals surface area (Å²) in [6, 6.07) is -2.67. The van der Waals surface area contributed by atoms with Crippen molar-refractivity contribution in [3.8, 4) is 0 Å². The quantitative estimate of drug-likeness (QED) is 0.0430. The van der Waals surface area contributed by atoms with Gasteiger partial charge in [0.15, 0.2) is 0 Å². The topological polar surface area (TPSA) is 299 Å². The van der Waals surface area contributed by atoms with E-state index >= 15 is 0 Å². The van der Waals surface area contributed by atoms with Crippen molar-refractivity contribution in [2.75, 3.05) is 65.9 Å². The predicted octanol–water partition coefficient (Wildman–Crippen LogP) is 3.49. The smallest absolute Gasteiger partial charge is 0.326 e. The number of nitrogens with one attached hydrogen (secondary N) is 4. The summed E-state index contributed by atoms with van der Waals surface area (Å²) >= 11 is 0. The second-order valence-corrected chi connectivity index (χ2v) is 16.1. The minimum absolute atomic E-state index is 0.0360. The summed E-state index contributed by atoms with van der Waals surface area (Å²) in [4.78, 5) is 106. The molecule has 0 aromatic heterocycles. The lowest BCUT2D eigenvalue weighted by molar-refractivity contribution is -0.143. The van der Waals surface area contributed by atoms with Crippen molar-refractivity contribution in [2.45, 2.75) is 161 Å². The fourth-order valence-electron chi connectivity index (χ4n) is 6.24. The van der Waals surface area contributed by atoms with Crippen molar-refractivity contribution in [3.05, 3.63) is 0 Å². The number of carboxylic acids is 3. The van der Waals surface area contributed by atoms with E-state index in [1.165, 1.54) is 0 Å². The fraction of sp³-hybridized carbons (Fsp3) is 0.800. The Hall–Kier alpha value is -4.53. The van der Waals surface area contributed by atoms with Crippen LogP contribution < -0.4 is 21.3 Å². The molecule has 0 heterocycles. The summed E-state index contributed by atoms with van der Waals surface area (Å²) in [5, 5.41) is 37.9. The molecule has 374 valence electrons. The first-order valence-corrected chi connectivity index (χ1v) is 23.2. The number of aliphatic carboxylic acids is 3. The van der Waals surface area contributed by atoms with Crippen LogP contribution in [0.25, 0.3) is 0 Å². The van der Waals surface area contributed by atoms with Crippen molar-refractivity contribution in [1.29, 1.82) is 0 Å². The molecule has 20 nitrogen and oxygen atoms in total. The van der Waals surface area contributed by atoms with E-state index in [-0.39, 0.29) is 134 Å². The zero-order valence-electron chi connectivity index (χ0n) is 38.8. The third-order valence-corrected chi connectivity index (χ3v) is 10.3. The van der Waals surface area contributed by atoms with E-state index in [4.69, 9.17) is 24.1 Å². The largest absolute Gasteiger partial charge is 0.481 e.